The van der Waals surface area contributed by atoms with Gasteiger partial charge in [0.1, 0.15) is 11.6 Å². The fraction of sp³-hybridized carbons (Fsp3) is 0.618. The number of aromatic amines is 2. The van der Waals surface area contributed by atoms with E-state index in [0.29, 0.717) is 24.7 Å². The highest BCUT2D eigenvalue weighted by atomic mass is 16.2. The number of carbonyl (C=O) groups is 1. The van der Waals surface area contributed by atoms with E-state index in [1.807, 2.05) is 12.1 Å². The quantitative estimate of drug-likeness (QED) is 0.233. The lowest BCUT2D eigenvalue weighted by molar-refractivity contribution is 0.0721. The van der Waals surface area contributed by atoms with Crippen LogP contribution in [0.3, 0.4) is 0 Å². The van der Waals surface area contributed by atoms with Gasteiger partial charge in [0.2, 0.25) is 0 Å². The number of aromatic nitrogens is 4. The summed E-state index contributed by atoms with van der Waals surface area (Å²) >= 11 is 0. The monoisotopic (exact) mass is 573 g/mol. The van der Waals surface area contributed by atoms with E-state index in [4.69, 9.17) is 0 Å². The largest absolute Gasteiger partial charge is 0.347 e. The summed E-state index contributed by atoms with van der Waals surface area (Å²) in [5.74, 6) is 2.34. The smallest absolute Gasteiger partial charge is 0.254 e. The Labute approximate surface area is 252 Å². The Balaban J connectivity index is 1.14. The number of amides is 1. The van der Waals surface area contributed by atoms with E-state index in [0.717, 1.165) is 36.7 Å². The summed E-state index contributed by atoms with van der Waals surface area (Å²) in [6, 6.07) is 9.71. The third kappa shape index (κ3) is 8.32. The molecule has 0 bridgehead atoms. The molecule has 228 valence electrons. The highest BCUT2D eigenvalue weighted by Gasteiger charge is 2.29. The van der Waals surface area contributed by atoms with Crippen molar-refractivity contribution in [3.05, 3.63) is 71.8 Å². The van der Waals surface area contributed by atoms with Gasteiger partial charge in [-0.3, -0.25) is 9.69 Å². The van der Waals surface area contributed by atoms with E-state index in [1.165, 1.54) is 82.9 Å². The highest BCUT2D eigenvalue weighted by molar-refractivity contribution is 5.94. The molecule has 8 heteroatoms. The summed E-state index contributed by atoms with van der Waals surface area (Å²) in [6.07, 6.45) is 20.7. The van der Waals surface area contributed by atoms with Crippen molar-refractivity contribution in [2.45, 2.75) is 110 Å². The Morgan fingerprint density at radius 2 is 1.40 bits per heavy atom. The van der Waals surface area contributed by atoms with E-state index in [2.05, 4.69) is 55.7 Å². The Hall–Kier alpha value is -2.97. The average Bonchev–Trinajstić information content (AvgIpc) is 3.75. The molecule has 2 fully saturated rings. The Kier molecular flexibility index (Phi) is 11.2. The fourth-order valence-corrected chi connectivity index (χ4v) is 7.18. The standard InChI is InChI=1S/C34H51N7O/c1-3-22-40(30-8-6-5-7-9-30)24-28-12-16-31(17-13-28)39(4-2)23-27-10-14-29(15-11-27)34(42)41(25-32-35-18-19-36-32)26-33-37-20-21-38-33/h10-11,14-15,18-21,28,30-31H,3-9,12-13,16-17,22-26H2,1-2H3,(H,35,36)(H,37,38). The predicted octanol–water partition coefficient (Wildman–Crippen LogP) is 6.40. The molecule has 2 heterocycles. The molecule has 42 heavy (non-hydrogen) atoms. The second-order valence-corrected chi connectivity index (χ2v) is 12.5. The lowest BCUT2D eigenvalue weighted by Crippen LogP contribution is -2.43. The summed E-state index contributed by atoms with van der Waals surface area (Å²) in [5.41, 5.74) is 1.96. The molecule has 5 rings (SSSR count). The lowest BCUT2D eigenvalue weighted by Gasteiger charge is -2.40. The maximum atomic E-state index is 13.5. The normalized spacial score (nSPS) is 19.9. The maximum Gasteiger partial charge on any atom is 0.254 e. The Bertz CT molecular complexity index is 1130. The van der Waals surface area contributed by atoms with Crippen molar-refractivity contribution in [3.8, 4) is 0 Å². The third-order valence-corrected chi connectivity index (χ3v) is 9.50. The molecule has 2 saturated carbocycles. The maximum absolute atomic E-state index is 13.5. The first kappa shape index (κ1) is 30.5. The third-order valence-electron chi connectivity index (χ3n) is 9.50. The number of rotatable bonds is 14. The summed E-state index contributed by atoms with van der Waals surface area (Å²) in [4.78, 5) is 35.7. The number of H-pyrrole nitrogens is 2. The number of imidazole rings is 2. The van der Waals surface area contributed by atoms with Crippen LogP contribution < -0.4 is 0 Å². The Morgan fingerprint density at radius 3 is 1.95 bits per heavy atom. The number of hydrogen-bond acceptors (Lipinski definition) is 5. The molecule has 2 aliphatic rings. The van der Waals surface area contributed by atoms with Gasteiger partial charge in [0, 0.05) is 55.5 Å². The second kappa shape index (κ2) is 15.5. The molecule has 1 aromatic carbocycles. The zero-order valence-electron chi connectivity index (χ0n) is 25.8. The summed E-state index contributed by atoms with van der Waals surface area (Å²) < 4.78 is 0. The number of benzene rings is 1. The first-order valence-electron chi connectivity index (χ1n) is 16.5. The van der Waals surface area contributed by atoms with Crippen LogP contribution in [0, 0.1) is 5.92 Å². The van der Waals surface area contributed by atoms with Crippen molar-refractivity contribution in [2.24, 2.45) is 5.92 Å². The SMILES string of the molecule is CCCN(CC1CCC(N(CC)Cc2ccc(C(=O)N(Cc3ncc[nH]3)Cc3ncc[nH]3)cc2)CC1)C1CCCCC1. The molecular weight excluding hydrogens is 522 g/mol. The van der Waals surface area contributed by atoms with E-state index in [9.17, 15) is 4.79 Å². The van der Waals surface area contributed by atoms with Gasteiger partial charge < -0.3 is 19.8 Å². The van der Waals surface area contributed by atoms with Gasteiger partial charge in [-0.2, -0.15) is 0 Å². The van der Waals surface area contributed by atoms with Crippen LogP contribution >= 0.6 is 0 Å². The first-order valence-corrected chi connectivity index (χ1v) is 16.5. The minimum atomic E-state index is -0.0228. The van der Waals surface area contributed by atoms with Crippen molar-refractivity contribution < 1.29 is 4.79 Å². The van der Waals surface area contributed by atoms with Gasteiger partial charge in [-0.05, 0) is 81.6 Å². The zero-order valence-corrected chi connectivity index (χ0v) is 25.8. The van der Waals surface area contributed by atoms with E-state index >= 15 is 0 Å². The van der Waals surface area contributed by atoms with Crippen LogP contribution in [0.25, 0.3) is 0 Å². The van der Waals surface area contributed by atoms with E-state index < -0.39 is 0 Å². The number of nitrogens with zero attached hydrogens (tertiary/aromatic N) is 5. The molecule has 0 unspecified atom stereocenters. The molecular formula is C34H51N7O. The zero-order chi connectivity index (χ0) is 29.1. The second-order valence-electron chi connectivity index (χ2n) is 12.5. The minimum absolute atomic E-state index is 0.0228. The van der Waals surface area contributed by atoms with Gasteiger partial charge in [0.15, 0.2) is 0 Å². The number of nitrogens with one attached hydrogen (secondary N) is 2. The van der Waals surface area contributed by atoms with Gasteiger partial charge in [-0.25, -0.2) is 9.97 Å². The summed E-state index contributed by atoms with van der Waals surface area (Å²) in [7, 11) is 0. The average molecular weight is 574 g/mol. The van der Waals surface area contributed by atoms with Crippen LogP contribution in [0.15, 0.2) is 49.1 Å². The molecule has 0 atom stereocenters. The number of hydrogen-bond donors (Lipinski definition) is 2. The summed E-state index contributed by atoms with van der Waals surface area (Å²) in [6.45, 7) is 10.0. The molecule has 0 saturated heterocycles. The van der Waals surface area contributed by atoms with Gasteiger partial charge in [-0.15, -0.1) is 0 Å². The van der Waals surface area contributed by atoms with Crippen molar-refractivity contribution in [2.75, 3.05) is 19.6 Å². The van der Waals surface area contributed by atoms with Gasteiger partial charge >= 0.3 is 0 Å². The molecule has 1 amide bonds. The van der Waals surface area contributed by atoms with Crippen molar-refractivity contribution in [3.63, 3.8) is 0 Å². The van der Waals surface area contributed by atoms with Crippen LogP contribution in [0.1, 0.15) is 106 Å². The van der Waals surface area contributed by atoms with Crippen LogP contribution in [0.2, 0.25) is 0 Å². The summed E-state index contributed by atoms with van der Waals surface area (Å²) in [5, 5.41) is 0. The van der Waals surface area contributed by atoms with Gasteiger partial charge in [0.05, 0.1) is 13.1 Å². The molecule has 2 aromatic heterocycles. The lowest BCUT2D eigenvalue weighted by atomic mass is 9.84. The fourth-order valence-electron chi connectivity index (χ4n) is 7.18. The van der Waals surface area contributed by atoms with Crippen molar-refractivity contribution in [1.82, 2.24) is 34.6 Å². The van der Waals surface area contributed by atoms with E-state index in [-0.39, 0.29) is 5.91 Å². The Morgan fingerprint density at radius 1 is 0.786 bits per heavy atom. The molecule has 0 radical (unpaired) electrons. The van der Waals surface area contributed by atoms with Crippen LogP contribution in [0.5, 0.6) is 0 Å². The first-order chi connectivity index (χ1) is 20.6. The minimum Gasteiger partial charge on any atom is -0.347 e. The molecule has 0 spiro atoms. The van der Waals surface area contributed by atoms with Gasteiger partial charge in [0.25, 0.3) is 5.91 Å². The molecule has 8 nitrogen and oxygen atoms in total. The molecule has 2 N–H and O–H groups in total. The number of carbonyl (C=O) groups excluding carboxylic acids is 1. The highest BCUT2D eigenvalue weighted by Crippen LogP contribution is 2.31. The van der Waals surface area contributed by atoms with Crippen LogP contribution in [0.4, 0.5) is 0 Å². The van der Waals surface area contributed by atoms with Crippen LogP contribution in [-0.2, 0) is 19.6 Å². The predicted molar refractivity (Wildman–Crippen MR) is 168 cm³/mol. The molecule has 3 aromatic rings. The van der Waals surface area contributed by atoms with Crippen molar-refractivity contribution in [1.29, 1.82) is 0 Å². The molecule has 0 aliphatic heterocycles. The van der Waals surface area contributed by atoms with Gasteiger partial charge in [-0.1, -0.05) is 45.2 Å². The van der Waals surface area contributed by atoms with Crippen molar-refractivity contribution >= 4 is 5.91 Å². The topological polar surface area (TPSA) is 84.2 Å². The van der Waals surface area contributed by atoms with Crippen LogP contribution in [-0.4, -0.2) is 72.3 Å². The van der Waals surface area contributed by atoms with E-state index in [1.54, 1.807) is 29.7 Å². The molecule has 2 aliphatic carbocycles.